The summed E-state index contributed by atoms with van der Waals surface area (Å²) in [6.07, 6.45) is 1.36. The van der Waals surface area contributed by atoms with Crippen LogP contribution in [0.2, 0.25) is 0 Å². The second kappa shape index (κ2) is 9.07. The van der Waals surface area contributed by atoms with Crippen LogP contribution in [0.5, 0.6) is 10.9 Å². The normalized spacial score (nSPS) is 15.3. The summed E-state index contributed by atoms with van der Waals surface area (Å²) in [5.74, 6) is 0.626. The van der Waals surface area contributed by atoms with Crippen LogP contribution in [0.4, 0.5) is 0 Å². The molecule has 0 bridgehead atoms. The van der Waals surface area contributed by atoms with E-state index in [1.807, 2.05) is 18.2 Å². The summed E-state index contributed by atoms with van der Waals surface area (Å²) >= 11 is 1.48. The van der Waals surface area contributed by atoms with E-state index in [0.29, 0.717) is 36.7 Å². The summed E-state index contributed by atoms with van der Waals surface area (Å²) in [7, 11) is -1.79. The van der Waals surface area contributed by atoms with Crippen molar-refractivity contribution in [3.63, 3.8) is 0 Å². The molecule has 1 aliphatic rings. The highest BCUT2D eigenvalue weighted by atomic mass is 32.2. The number of piperidine rings is 1. The third-order valence-electron chi connectivity index (χ3n) is 5.60. The number of sulfone groups is 1. The lowest BCUT2D eigenvalue weighted by molar-refractivity contribution is 0.0595. The molecule has 3 aromatic rings. The molecule has 0 aliphatic carbocycles. The zero-order valence-electron chi connectivity index (χ0n) is 18.3. The molecule has 0 unspecified atom stereocenters. The van der Waals surface area contributed by atoms with Gasteiger partial charge in [0.1, 0.15) is 11.9 Å². The Hall–Kier alpha value is -2.65. The van der Waals surface area contributed by atoms with Gasteiger partial charge in [-0.25, -0.2) is 13.4 Å². The zero-order chi connectivity index (χ0) is 22.9. The van der Waals surface area contributed by atoms with Crippen molar-refractivity contribution in [2.24, 2.45) is 0 Å². The van der Waals surface area contributed by atoms with Crippen LogP contribution in [0.1, 0.15) is 37.0 Å². The number of aromatic nitrogens is 1. The highest BCUT2D eigenvalue weighted by Crippen LogP contribution is 2.32. The number of rotatable bonds is 6. The van der Waals surface area contributed by atoms with Crippen molar-refractivity contribution in [3.8, 4) is 10.9 Å². The SMILES string of the molecule is COc1ccc2nc(OC3CCN(C(=O)c4cccc(S(=O)(=O)C(C)C)c4)CC3)sc2c1. The van der Waals surface area contributed by atoms with E-state index in [0.717, 1.165) is 16.0 Å². The van der Waals surface area contributed by atoms with Crippen LogP contribution in [0.15, 0.2) is 47.4 Å². The van der Waals surface area contributed by atoms with Crippen LogP contribution in [-0.4, -0.2) is 55.8 Å². The second-order valence-corrected chi connectivity index (χ2v) is 11.5. The first kappa shape index (κ1) is 22.5. The topological polar surface area (TPSA) is 85.8 Å². The average Bonchev–Trinajstić information content (AvgIpc) is 3.20. The summed E-state index contributed by atoms with van der Waals surface area (Å²) < 4.78 is 37.2. The van der Waals surface area contributed by atoms with Crippen molar-refractivity contribution < 1.29 is 22.7 Å². The molecular weight excluding hydrogens is 448 g/mol. The van der Waals surface area contributed by atoms with Gasteiger partial charge < -0.3 is 14.4 Å². The third-order valence-corrected chi connectivity index (χ3v) is 8.66. The molecule has 1 aromatic heterocycles. The number of nitrogens with zero attached hydrogens (tertiary/aromatic N) is 2. The number of benzene rings is 2. The molecule has 2 heterocycles. The fourth-order valence-electron chi connectivity index (χ4n) is 3.64. The van der Waals surface area contributed by atoms with Gasteiger partial charge in [-0.2, -0.15) is 0 Å². The molecule has 1 fully saturated rings. The summed E-state index contributed by atoms with van der Waals surface area (Å²) in [5.41, 5.74) is 1.26. The highest BCUT2D eigenvalue weighted by molar-refractivity contribution is 7.92. The van der Waals surface area contributed by atoms with Gasteiger partial charge in [0.25, 0.3) is 11.1 Å². The number of hydrogen-bond acceptors (Lipinski definition) is 7. The summed E-state index contributed by atoms with van der Waals surface area (Å²) in [4.78, 5) is 19.4. The number of methoxy groups -OCH3 is 1. The van der Waals surface area contributed by atoms with Crippen molar-refractivity contribution in [2.45, 2.75) is 42.9 Å². The van der Waals surface area contributed by atoms with Crippen LogP contribution in [0, 0.1) is 0 Å². The maximum absolute atomic E-state index is 13.0. The predicted octanol–water partition coefficient (Wildman–Crippen LogP) is 4.17. The molecule has 4 rings (SSSR count). The standard InChI is InChI=1S/C23H26N2O5S2/c1-15(2)32(27,28)19-6-4-5-16(13-19)22(26)25-11-9-17(10-12-25)30-23-24-20-8-7-18(29-3)14-21(20)31-23/h4-8,13-15,17H,9-12H2,1-3H3. The van der Waals surface area contributed by atoms with Gasteiger partial charge in [-0.1, -0.05) is 17.4 Å². The lowest BCUT2D eigenvalue weighted by Gasteiger charge is -2.31. The van der Waals surface area contributed by atoms with Gasteiger partial charge in [0.15, 0.2) is 9.84 Å². The largest absolute Gasteiger partial charge is 0.497 e. The minimum absolute atomic E-state index is 0.0193. The molecule has 9 heteroatoms. The van der Waals surface area contributed by atoms with E-state index >= 15 is 0 Å². The maximum Gasteiger partial charge on any atom is 0.274 e. The Labute approximate surface area is 191 Å². The van der Waals surface area contributed by atoms with Crippen molar-refractivity contribution in [3.05, 3.63) is 48.0 Å². The van der Waals surface area contributed by atoms with Gasteiger partial charge in [0, 0.05) is 31.5 Å². The Balaban J connectivity index is 1.39. The van der Waals surface area contributed by atoms with Crippen LogP contribution in [0.25, 0.3) is 10.2 Å². The summed E-state index contributed by atoms with van der Waals surface area (Å²) in [6, 6.07) is 12.0. The van der Waals surface area contributed by atoms with E-state index in [1.165, 1.54) is 17.4 Å². The zero-order valence-corrected chi connectivity index (χ0v) is 19.9. The van der Waals surface area contributed by atoms with Crippen molar-refractivity contribution in [2.75, 3.05) is 20.2 Å². The Kier molecular flexibility index (Phi) is 6.39. The van der Waals surface area contributed by atoms with E-state index in [4.69, 9.17) is 9.47 Å². The number of carbonyl (C=O) groups excluding carboxylic acids is 1. The van der Waals surface area contributed by atoms with Gasteiger partial charge >= 0.3 is 0 Å². The van der Waals surface area contributed by atoms with E-state index < -0.39 is 15.1 Å². The molecular formula is C23H26N2O5S2. The fraction of sp³-hybridized carbons (Fsp3) is 0.391. The molecule has 0 atom stereocenters. The first-order chi connectivity index (χ1) is 15.3. The minimum Gasteiger partial charge on any atom is -0.497 e. The molecule has 0 radical (unpaired) electrons. The van der Waals surface area contributed by atoms with Crippen molar-refractivity contribution in [1.29, 1.82) is 0 Å². The van der Waals surface area contributed by atoms with E-state index in [2.05, 4.69) is 4.98 Å². The van der Waals surface area contributed by atoms with Crippen molar-refractivity contribution in [1.82, 2.24) is 9.88 Å². The second-order valence-electron chi connectivity index (χ2n) is 8.04. The van der Waals surface area contributed by atoms with Gasteiger partial charge in [0.05, 0.1) is 27.5 Å². The van der Waals surface area contributed by atoms with Gasteiger partial charge in [-0.05, 0) is 50.2 Å². The minimum atomic E-state index is -3.43. The molecule has 0 N–H and O–H groups in total. The number of likely N-dealkylation sites (tertiary alicyclic amines) is 1. The first-order valence-electron chi connectivity index (χ1n) is 10.5. The van der Waals surface area contributed by atoms with Crippen LogP contribution < -0.4 is 9.47 Å². The molecule has 1 amide bonds. The lowest BCUT2D eigenvalue weighted by Crippen LogP contribution is -2.41. The molecule has 2 aromatic carbocycles. The number of thiazole rings is 1. The van der Waals surface area contributed by atoms with E-state index in [1.54, 1.807) is 44.1 Å². The molecule has 170 valence electrons. The number of amides is 1. The Morgan fingerprint density at radius 1 is 1.16 bits per heavy atom. The highest BCUT2D eigenvalue weighted by Gasteiger charge is 2.27. The predicted molar refractivity (Wildman–Crippen MR) is 124 cm³/mol. The number of ether oxygens (including phenoxy) is 2. The molecule has 0 spiro atoms. The van der Waals surface area contributed by atoms with Gasteiger partial charge in [0.2, 0.25) is 0 Å². The fourth-order valence-corrected chi connectivity index (χ4v) is 5.65. The van der Waals surface area contributed by atoms with E-state index in [-0.39, 0.29) is 16.9 Å². The van der Waals surface area contributed by atoms with E-state index in [9.17, 15) is 13.2 Å². The Bertz CT molecular complexity index is 1230. The van der Waals surface area contributed by atoms with Crippen LogP contribution >= 0.6 is 11.3 Å². The van der Waals surface area contributed by atoms with Gasteiger partial charge in [-0.3, -0.25) is 4.79 Å². The number of hydrogen-bond donors (Lipinski definition) is 0. The molecule has 32 heavy (non-hydrogen) atoms. The monoisotopic (exact) mass is 474 g/mol. The van der Waals surface area contributed by atoms with Crippen molar-refractivity contribution >= 4 is 37.3 Å². The van der Waals surface area contributed by atoms with Crippen LogP contribution in [0.3, 0.4) is 0 Å². The summed E-state index contributed by atoms with van der Waals surface area (Å²) in [6.45, 7) is 4.36. The number of fused-ring (bicyclic) bond motifs is 1. The third kappa shape index (κ3) is 4.59. The smallest absolute Gasteiger partial charge is 0.274 e. The molecule has 7 nitrogen and oxygen atoms in total. The Morgan fingerprint density at radius 3 is 2.59 bits per heavy atom. The molecule has 1 aliphatic heterocycles. The number of carbonyl (C=O) groups is 1. The van der Waals surface area contributed by atoms with Gasteiger partial charge in [-0.15, -0.1) is 0 Å². The quantitative estimate of drug-likeness (QED) is 0.533. The maximum atomic E-state index is 13.0. The average molecular weight is 475 g/mol. The summed E-state index contributed by atoms with van der Waals surface area (Å²) in [5, 5.41) is 0.0777. The molecule has 0 saturated carbocycles. The first-order valence-corrected chi connectivity index (χ1v) is 12.9. The van der Waals surface area contributed by atoms with Crippen LogP contribution in [-0.2, 0) is 9.84 Å². The lowest BCUT2D eigenvalue weighted by atomic mass is 10.1. The molecule has 1 saturated heterocycles. The Morgan fingerprint density at radius 2 is 1.91 bits per heavy atom.